The van der Waals surface area contributed by atoms with Crippen LogP contribution in [0.15, 0.2) is 36.4 Å². The summed E-state index contributed by atoms with van der Waals surface area (Å²) in [7, 11) is 3.06. The molecule has 2 aromatic carbocycles. The third kappa shape index (κ3) is 4.82. The minimum atomic E-state index is -0.104. The Bertz CT molecular complexity index is 721. The monoisotopic (exact) mass is 365 g/mol. The molecule has 1 amide bonds. The number of thioether (sulfide) groups is 1. The minimum absolute atomic E-state index is 0.104. The summed E-state index contributed by atoms with van der Waals surface area (Å²) in [6, 6.07) is 11.4. The second-order valence-electron chi connectivity index (χ2n) is 5.15. The van der Waals surface area contributed by atoms with Crippen molar-refractivity contribution >= 4 is 35.0 Å². The van der Waals surface area contributed by atoms with Crippen LogP contribution in [-0.2, 0) is 10.5 Å². The summed E-state index contributed by atoms with van der Waals surface area (Å²) < 4.78 is 10.4. The number of nitrogens with one attached hydrogen (secondary N) is 1. The van der Waals surface area contributed by atoms with Gasteiger partial charge in [-0.2, -0.15) is 0 Å². The molecule has 0 saturated carbocycles. The molecular weight excluding hydrogens is 346 g/mol. The topological polar surface area (TPSA) is 47.6 Å². The lowest BCUT2D eigenvalue weighted by Gasteiger charge is -2.13. The molecule has 4 nitrogen and oxygen atoms in total. The van der Waals surface area contributed by atoms with Crippen LogP contribution in [0.5, 0.6) is 11.5 Å². The van der Waals surface area contributed by atoms with Crippen molar-refractivity contribution in [3.8, 4) is 11.5 Å². The number of hydrogen-bond donors (Lipinski definition) is 1. The minimum Gasteiger partial charge on any atom is -0.495 e. The van der Waals surface area contributed by atoms with Crippen molar-refractivity contribution in [3.05, 3.63) is 52.5 Å². The number of aryl methyl sites for hydroxylation is 1. The van der Waals surface area contributed by atoms with Crippen LogP contribution in [0.3, 0.4) is 0 Å². The van der Waals surface area contributed by atoms with Gasteiger partial charge >= 0.3 is 0 Å². The molecule has 0 fully saturated rings. The van der Waals surface area contributed by atoms with Gasteiger partial charge in [-0.25, -0.2) is 0 Å². The maximum Gasteiger partial charge on any atom is 0.234 e. The van der Waals surface area contributed by atoms with E-state index < -0.39 is 0 Å². The van der Waals surface area contributed by atoms with Crippen LogP contribution in [0.2, 0.25) is 5.02 Å². The molecule has 0 aliphatic rings. The Hall–Kier alpha value is -1.85. The number of anilines is 1. The van der Waals surface area contributed by atoms with Gasteiger partial charge < -0.3 is 14.8 Å². The molecular formula is C18H20ClNO3S. The van der Waals surface area contributed by atoms with Crippen molar-refractivity contribution in [2.75, 3.05) is 25.3 Å². The predicted octanol–water partition coefficient (Wildman–Crippen LogP) is 4.54. The van der Waals surface area contributed by atoms with Crippen LogP contribution in [0.4, 0.5) is 5.69 Å². The maximum absolute atomic E-state index is 12.2. The van der Waals surface area contributed by atoms with Gasteiger partial charge in [0.15, 0.2) is 0 Å². The zero-order valence-electron chi connectivity index (χ0n) is 13.9. The fourth-order valence-corrected chi connectivity index (χ4v) is 3.31. The Morgan fingerprint density at radius 2 is 1.88 bits per heavy atom. The van der Waals surface area contributed by atoms with E-state index in [1.54, 1.807) is 23.9 Å². The number of carbonyl (C=O) groups excluding carboxylic acids is 1. The van der Waals surface area contributed by atoms with E-state index in [2.05, 4.69) is 24.4 Å². The van der Waals surface area contributed by atoms with E-state index in [1.165, 1.54) is 25.3 Å². The van der Waals surface area contributed by atoms with Gasteiger partial charge in [0.05, 0.1) is 30.7 Å². The van der Waals surface area contributed by atoms with Gasteiger partial charge in [-0.15, -0.1) is 11.8 Å². The van der Waals surface area contributed by atoms with Crippen LogP contribution in [0.1, 0.15) is 11.1 Å². The van der Waals surface area contributed by atoms with E-state index in [-0.39, 0.29) is 5.91 Å². The number of amides is 1. The van der Waals surface area contributed by atoms with Gasteiger partial charge in [-0.05, 0) is 24.1 Å². The van der Waals surface area contributed by atoms with Crippen molar-refractivity contribution < 1.29 is 14.3 Å². The fourth-order valence-electron chi connectivity index (χ4n) is 2.17. The molecule has 0 saturated heterocycles. The molecule has 2 rings (SSSR count). The second-order valence-corrected chi connectivity index (χ2v) is 6.55. The average molecular weight is 366 g/mol. The molecule has 24 heavy (non-hydrogen) atoms. The first-order valence-electron chi connectivity index (χ1n) is 7.38. The van der Waals surface area contributed by atoms with Crippen LogP contribution < -0.4 is 14.8 Å². The smallest absolute Gasteiger partial charge is 0.234 e. The van der Waals surface area contributed by atoms with Crippen molar-refractivity contribution in [3.63, 3.8) is 0 Å². The van der Waals surface area contributed by atoms with E-state index in [0.717, 1.165) is 5.75 Å². The molecule has 0 bridgehead atoms. The van der Waals surface area contributed by atoms with Gasteiger partial charge in [0.25, 0.3) is 0 Å². The van der Waals surface area contributed by atoms with Crippen LogP contribution in [0, 0.1) is 6.92 Å². The highest BCUT2D eigenvalue weighted by Gasteiger charge is 2.12. The summed E-state index contributed by atoms with van der Waals surface area (Å²) in [5.41, 5.74) is 3.00. The number of ether oxygens (including phenoxy) is 2. The first kappa shape index (κ1) is 18.5. The Balaban J connectivity index is 1.95. The molecule has 2 aromatic rings. The molecule has 0 atom stereocenters. The van der Waals surface area contributed by atoms with Crippen molar-refractivity contribution in [1.82, 2.24) is 0 Å². The lowest BCUT2D eigenvalue weighted by atomic mass is 10.1. The molecule has 128 valence electrons. The van der Waals surface area contributed by atoms with Gasteiger partial charge in [-0.1, -0.05) is 35.9 Å². The summed E-state index contributed by atoms with van der Waals surface area (Å²) >= 11 is 7.67. The van der Waals surface area contributed by atoms with Crippen LogP contribution in [0.25, 0.3) is 0 Å². The molecule has 1 N–H and O–H groups in total. The second kappa shape index (κ2) is 8.85. The molecule has 0 unspecified atom stereocenters. The summed E-state index contributed by atoms with van der Waals surface area (Å²) in [6.45, 7) is 2.07. The molecule has 0 aromatic heterocycles. The summed E-state index contributed by atoms with van der Waals surface area (Å²) in [5, 5.41) is 3.25. The number of carbonyl (C=O) groups is 1. The molecule has 0 aliphatic carbocycles. The lowest BCUT2D eigenvalue weighted by Crippen LogP contribution is -2.15. The number of benzene rings is 2. The highest BCUT2D eigenvalue weighted by Crippen LogP contribution is 2.35. The normalized spacial score (nSPS) is 10.3. The summed E-state index contributed by atoms with van der Waals surface area (Å²) in [6.07, 6.45) is 0. The molecule has 0 aliphatic heterocycles. The summed E-state index contributed by atoms with van der Waals surface area (Å²) in [4.78, 5) is 12.2. The number of rotatable bonds is 7. The maximum atomic E-state index is 12.2. The Morgan fingerprint density at radius 3 is 2.54 bits per heavy atom. The Labute approximate surface area is 151 Å². The first-order valence-corrected chi connectivity index (χ1v) is 8.92. The Morgan fingerprint density at radius 1 is 1.17 bits per heavy atom. The number of hydrogen-bond acceptors (Lipinski definition) is 4. The zero-order valence-corrected chi connectivity index (χ0v) is 15.5. The molecule has 0 heterocycles. The van der Waals surface area contributed by atoms with Crippen molar-refractivity contribution in [1.29, 1.82) is 0 Å². The highest BCUT2D eigenvalue weighted by atomic mass is 35.5. The number of halogens is 1. The van der Waals surface area contributed by atoms with E-state index in [1.807, 2.05) is 12.1 Å². The Kier molecular flexibility index (Phi) is 6.82. The molecule has 0 radical (unpaired) electrons. The van der Waals surface area contributed by atoms with Crippen LogP contribution in [-0.4, -0.2) is 25.9 Å². The SMILES string of the molecule is COc1cc(OC)c(NC(=O)CSCc2ccccc2C)cc1Cl. The van der Waals surface area contributed by atoms with Crippen molar-refractivity contribution in [2.24, 2.45) is 0 Å². The van der Waals surface area contributed by atoms with Gasteiger partial charge in [0.2, 0.25) is 5.91 Å². The van der Waals surface area contributed by atoms with E-state index in [0.29, 0.717) is 28.0 Å². The largest absolute Gasteiger partial charge is 0.495 e. The predicted molar refractivity (Wildman–Crippen MR) is 101 cm³/mol. The van der Waals surface area contributed by atoms with Gasteiger partial charge in [-0.3, -0.25) is 4.79 Å². The number of methoxy groups -OCH3 is 2. The molecule has 6 heteroatoms. The summed E-state index contributed by atoms with van der Waals surface area (Å²) in [5.74, 6) is 2.05. The first-order chi connectivity index (χ1) is 11.5. The van der Waals surface area contributed by atoms with E-state index in [9.17, 15) is 4.79 Å². The van der Waals surface area contributed by atoms with E-state index >= 15 is 0 Å². The lowest BCUT2D eigenvalue weighted by molar-refractivity contribution is -0.113. The van der Waals surface area contributed by atoms with Crippen molar-refractivity contribution in [2.45, 2.75) is 12.7 Å². The molecule has 0 spiro atoms. The zero-order chi connectivity index (χ0) is 17.5. The van der Waals surface area contributed by atoms with Crippen LogP contribution >= 0.6 is 23.4 Å². The third-order valence-corrected chi connectivity index (χ3v) is 4.78. The quantitative estimate of drug-likeness (QED) is 0.782. The average Bonchev–Trinajstić information content (AvgIpc) is 2.57. The third-order valence-electron chi connectivity index (χ3n) is 3.50. The fraction of sp³-hybridized carbons (Fsp3) is 0.278. The highest BCUT2D eigenvalue weighted by molar-refractivity contribution is 7.99. The van der Waals surface area contributed by atoms with Gasteiger partial charge in [0, 0.05) is 11.8 Å². The standard InChI is InChI=1S/C18H20ClNO3S/c1-12-6-4-5-7-13(12)10-24-11-18(21)20-15-8-14(19)16(22-2)9-17(15)23-3/h4-9H,10-11H2,1-3H3,(H,20,21). The van der Waals surface area contributed by atoms with Gasteiger partial charge in [0.1, 0.15) is 11.5 Å². The van der Waals surface area contributed by atoms with E-state index in [4.69, 9.17) is 21.1 Å².